The Labute approximate surface area is 90.8 Å². The van der Waals surface area contributed by atoms with Gasteiger partial charge in [0.25, 0.3) is 0 Å². The third kappa shape index (κ3) is 1.98. The molecule has 1 aromatic rings. The molecule has 0 heterocycles. The molecule has 0 radical (unpaired) electrons. The molecule has 1 aromatic carbocycles. The zero-order chi connectivity index (χ0) is 10.7. The number of halogens is 1. The van der Waals surface area contributed by atoms with E-state index in [9.17, 15) is 0 Å². The van der Waals surface area contributed by atoms with E-state index in [1.54, 1.807) is 7.05 Å². The molecule has 0 saturated heterocycles. The van der Waals surface area contributed by atoms with E-state index in [0.717, 1.165) is 22.6 Å². The molecule has 0 atom stereocenters. The molecule has 0 aromatic heterocycles. The standard InChI is InChI=1S/C12H16ClN/c1-5-10-6-8(2)11(7-14-4)9(3)12(10)13/h6-7H,5H2,1-4H3. The summed E-state index contributed by atoms with van der Waals surface area (Å²) in [7, 11) is 1.78. The normalized spacial score (nSPS) is 11.2. The Hall–Kier alpha value is -0.820. The lowest BCUT2D eigenvalue weighted by atomic mass is 9.99. The maximum absolute atomic E-state index is 6.24. The summed E-state index contributed by atoms with van der Waals surface area (Å²) in [6, 6.07) is 2.15. The fourth-order valence-corrected chi connectivity index (χ4v) is 1.93. The van der Waals surface area contributed by atoms with Crippen LogP contribution in [0.1, 0.15) is 29.2 Å². The third-order valence-corrected chi connectivity index (χ3v) is 3.00. The summed E-state index contributed by atoms with van der Waals surface area (Å²) >= 11 is 6.24. The van der Waals surface area contributed by atoms with Gasteiger partial charge in [-0.25, -0.2) is 0 Å². The van der Waals surface area contributed by atoms with Crippen LogP contribution in [-0.2, 0) is 6.42 Å². The van der Waals surface area contributed by atoms with Gasteiger partial charge in [-0.2, -0.15) is 0 Å². The molecule has 0 N–H and O–H groups in total. The fourth-order valence-electron chi connectivity index (χ4n) is 1.64. The van der Waals surface area contributed by atoms with Gasteiger partial charge in [0.2, 0.25) is 0 Å². The summed E-state index contributed by atoms with van der Waals surface area (Å²) in [4.78, 5) is 4.04. The van der Waals surface area contributed by atoms with Gasteiger partial charge in [0, 0.05) is 18.3 Å². The first-order valence-corrected chi connectivity index (χ1v) is 5.20. The van der Waals surface area contributed by atoms with Gasteiger partial charge >= 0.3 is 0 Å². The van der Waals surface area contributed by atoms with E-state index >= 15 is 0 Å². The number of aliphatic imine (C=N–C) groups is 1. The molecule has 0 aliphatic rings. The molecule has 1 nitrogen and oxygen atoms in total. The first-order chi connectivity index (χ1) is 6.61. The molecule has 0 aliphatic carbocycles. The summed E-state index contributed by atoms with van der Waals surface area (Å²) in [6.45, 7) is 6.26. The monoisotopic (exact) mass is 209 g/mol. The third-order valence-electron chi connectivity index (χ3n) is 2.47. The van der Waals surface area contributed by atoms with Crippen LogP contribution in [0, 0.1) is 13.8 Å². The van der Waals surface area contributed by atoms with Crippen LogP contribution in [0.2, 0.25) is 5.02 Å². The second-order valence-corrected chi connectivity index (χ2v) is 3.82. The van der Waals surface area contributed by atoms with Crippen molar-refractivity contribution in [1.29, 1.82) is 0 Å². The van der Waals surface area contributed by atoms with Crippen molar-refractivity contribution < 1.29 is 0 Å². The first kappa shape index (κ1) is 11.3. The predicted molar refractivity (Wildman–Crippen MR) is 63.8 cm³/mol. The Morgan fingerprint density at radius 2 is 2.07 bits per heavy atom. The highest BCUT2D eigenvalue weighted by Crippen LogP contribution is 2.26. The highest BCUT2D eigenvalue weighted by molar-refractivity contribution is 6.32. The highest BCUT2D eigenvalue weighted by atomic mass is 35.5. The Morgan fingerprint density at radius 3 is 2.57 bits per heavy atom. The minimum atomic E-state index is 0.882. The number of rotatable bonds is 2. The zero-order valence-corrected chi connectivity index (χ0v) is 9.94. The number of hydrogen-bond donors (Lipinski definition) is 0. The Bertz CT molecular complexity index is 367. The number of hydrogen-bond acceptors (Lipinski definition) is 1. The molecule has 14 heavy (non-hydrogen) atoms. The van der Waals surface area contributed by atoms with Crippen LogP contribution in [-0.4, -0.2) is 13.3 Å². The Kier molecular flexibility index (Phi) is 3.70. The van der Waals surface area contributed by atoms with Crippen LogP contribution < -0.4 is 0 Å². The molecule has 0 unspecified atom stereocenters. The van der Waals surface area contributed by atoms with Crippen molar-refractivity contribution in [2.45, 2.75) is 27.2 Å². The summed E-state index contributed by atoms with van der Waals surface area (Å²) in [5.74, 6) is 0. The van der Waals surface area contributed by atoms with Gasteiger partial charge in [-0.05, 0) is 42.5 Å². The Balaban J connectivity index is 3.40. The van der Waals surface area contributed by atoms with E-state index in [4.69, 9.17) is 11.6 Å². The van der Waals surface area contributed by atoms with Gasteiger partial charge in [0.1, 0.15) is 0 Å². The maximum Gasteiger partial charge on any atom is 0.0473 e. The van der Waals surface area contributed by atoms with Crippen molar-refractivity contribution in [3.63, 3.8) is 0 Å². The van der Waals surface area contributed by atoms with Gasteiger partial charge < -0.3 is 0 Å². The lowest BCUT2D eigenvalue weighted by Crippen LogP contribution is -1.97. The lowest BCUT2D eigenvalue weighted by molar-refractivity contribution is 1.12. The maximum atomic E-state index is 6.24. The molecular formula is C12H16ClN. The van der Waals surface area contributed by atoms with Gasteiger partial charge in [-0.1, -0.05) is 24.6 Å². The second-order valence-electron chi connectivity index (χ2n) is 3.45. The SMILES string of the molecule is CCc1cc(C)c(C=NC)c(C)c1Cl. The quantitative estimate of drug-likeness (QED) is 0.661. The highest BCUT2D eigenvalue weighted by Gasteiger charge is 2.08. The first-order valence-electron chi connectivity index (χ1n) is 4.82. The van der Waals surface area contributed by atoms with Crippen molar-refractivity contribution in [2.24, 2.45) is 4.99 Å². The molecule has 76 valence electrons. The summed E-state index contributed by atoms with van der Waals surface area (Å²) in [6.07, 6.45) is 2.85. The lowest BCUT2D eigenvalue weighted by Gasteiger charge is -2.11. The number of aryl methyl sites for hydroxylation is 2. The molecule has 0 saturated carbocycles. The minimum Gasteiger partial charge on any atom is -0.296 e. The molecule has 0 fully saturated rings. The van der Waals surface area contributed by atoms with Crippen molar-refractivity contribution >= 4 is 17.8 Å². The summed E-state index contributed by atoms with van der Waals surface area (Å²) < 4.78 is 0. The largest absolute Gasteiger partial charge is 0.296 e. The van der Waals surface area contributed by atoms with E-state index < -0.39 is 0 Å². The molecule has 2 heteroatoms. The van der Waals surface area contributed by atoms with E-state index in [-0.39, 0.29) is 0 Å². The average molecular weight is 210 g/mol. The van der Waals surface area contributed by atoms with Crippen molar-refractivity contribution in [3.05, 3.63) is 33.3 Å². The van der Waals surface area contributed by atoms with Gasteiger partial charge in [0.05, 0.1) is 0 Å². The van der Waals surface area contributed by atoms with Crippen molar-refractivity contribution in [3.8, 4) is 0 Å². The summed E-state index contributed by atoms with van der Waals surface area (Å²) in [5, 5.41) is 0.882. The van der Waals surface area contributed by atoms with E-state index in [1.165, 1.54) is 11.1 Å². The van der Waals surface area contributed by atoms with Crippen molar-refractivity contribution in [1.82, 2.24) is 0 Å². The average Bonchev–Trinajstić information content (AvgIpc) is 2.18. The van der Waals surface area contributed by atoms with Gasteiger partial charge in [-0.3, -0.25) is 4.99 Å². The minimum absolute atomic E-state index is 0.882. The molecule has 0 bridgehead atoms. The van der Waals surface area contributed by atoms with Crippen LogP contribution >= 0.6 is 11.6 Å². The molecular weight excluding hydrogens is 194 g/mol. The van der Waals surface area contributed by atoms with Crippen molar-refractivity contribution in [2.75, 3.05) is 7.05 Å². The van der Waals surface area contributed by atoms with Crippen LogP contribution in [0.3, 0.4) is 0 Å². The van der Waals surface area contributed by atoms with E-state index in [2.05, 4.69) is 24.9 Å². The molecule has 0 amide bonds. The van der Waals surface area contributed by atoms with Crippen LogP contribution in [0.4, 0.5) is 0 Å². The molecule has 1 rings (SSSR count). The van der Waals surface area contributed by atoms with Crippen LogP contribution in [0.15, 0.2) is 11.1 Å². The van der Waals surface area contributed by atoms with Gasteiger partial charge in [-0.15, -0.1) is 0 Å². The second kappa shape index (κ2) is 4.61. The zero-order valence-electron chi connectivity index (χ0n) is 9.19. The Morgan fingerprint density at radius 1 is 1.43 bits per heavy atom. The molecule has 0 spiro atoms. The summed E-state index contributed by atoms with van der Waals surface area (Å²) in [5.41, 5.74) is 4.74. The fraction of sp³-hybridized carbons (Fsp3) is 0.417. The topological polar surface area (TPSA) is 12.4 Å². The number of nitrogens with zero attached hydrogens (tertiary/aromatic N) is 1. The van der Waals surface area contributed by atoms with E-state index in [0.29, 0.717) is 0 Å². The van der Waals surface area contributed by atoms with E-state index in [1.807, 2.05) is 13.1 Å². The molecule has 0 aliphatic heterocycles. The van der Waals surface area contributed by atoms with Gasteiger partial charge in [0.15, 0.2) is 0 Å². The smallest absolute Gasteiger partial charge is 0.0473 e. The van der Waals surface area contributed by atoms with Crippen LogP contribution in [0.5, 0.6) is 0 Å². The van der Waals surface area contributed by atoms with Crippen LogP contribution in [0.25, 0.3) is 0 Å². The number of benzene rings is 1. The predicted octanol–water partition coefficient (Wildman–Crippen LogP) is 3.57.